The highest BCUT2D eigenvalue weighted by molar-refractivity contribution is 5.86. The lowest BCUT2D eigenvalue weighted by molar-refractivity contribution is 0.159. The van der Waals surface area contributed by atoms with Gasteiger partial charge in [0.05, 0.1) is 11.6 Å². The summed E-state index contributed by atoms with van der Waals surface area (Å²) >= 11 is 0. The third kappa shape index (κ3) is 3.22. The van der Waals surface area contributed by atoms with Crippen LogP contribution in [0.1, 0.15) is 18.9 Å². The van der Waals surface area contributed by atoms with E-state index < -0.39 is 0 Å². The molecule has 0 radical (unpaired) electrons. The zero-order valence-electron chi connectivity index (χ0n) is 14.8. The van der Waals surface area contributed by atoms with Crippen molar-refractivity contribution in [1.82, 2.24) is 25.1 Å². The number of likely N-dealkylation sites (tertiary alicyclic amines) is 1. The second kappa shape index (κ2) is 6.80. The SMILES string of the molecule is C[C@@H]1CCN(Cc2ccccc2)C[C@@H]1N(C)c1ncnc2[nH]ncc12. The molecule has 1 N–H and O–H groups in total. The number of nitrogens with one attached hydrogen (secondary N) is 1. The summed E-state index contributed by atoms with van der Waals surface area (Å²) in [5, 5.41) is 8.03. The molecule has 130 valence electrons. The number of likely N-dealkylation sites (N-methyl/N-ethyl adjacent to an activating group) is 1. The van der Waals surface area contributed by atoms with Crippen LogP contribution in [0.4, 0.5) is 5.82 Å². The number of nitrogens with zero attached hydrogens (tertiary/aromatic N) is 5. The van der Waals surface area contributed by atoms with Crippen molar-refractivity contribution in [3.8, 4) is 0 Å². The molecule has 0 amide bonds. The van der Waals surface area contributed by atoms with Gasteiger partial charge < -0.3 is 4.90 Å². The fourth-order valence-electron chi connectivity index (χ4n) is 3.79. The van der Waals surface area contributed by atoms with Crippen molar-refractivity contribution in [2.45, 2.75) is 25.9 Å². The second-order valence-corrected chi connectivity index (χ2v) is 6.99. The average Bonchev–Trinajstić information content (AvgIpc) is 3.12. The minimum Gasteiger partial charge on any atom is -0.354 e. The number of rotatable bonds is 4. The lowest BCUT2D eigenvalue weighted by atomic mass is 9.92. The molecule has 25 heavy (non-hydrogen) atoms. The molecule has 3 aromatic rings. The zero-order valence-corrected chi connectivity index (χ0v) is 14.8. The fraction of sp³-hybridized carbons (Fsp3) is 0.421. The molecule has 1 saturated heterocycles. The van der Waals surface area contributed by atoms with Crippen LogP contribution < -0.4 is 4.90 Å². The topological polar surface area (TPSA) is 60.9 Å². The van der Waals surface area contributed by atoms with Crippen LogP contribution in [0.25, 0.3) is 11.0 Å². The van der Waals surface area contributed by atoms with Crippen molar-refractivity contribution < 1.29 is 0 Å². The molecule has 2 atom stereocenters. The summed E-state index contributed by atoms with van der Waals surface area (Å²) in [7, 11) is 2.14. The molecule has 1 aliphatic heterocycles. The minimum atomic E-state index is 0.422. The van der Waals surface area contributed by atoms with E-state index in [9.17, 15) is 0 Å². The summed E-state index contributed by atoms with van der Waals surface area (Å²) in [5.74, 6) is 1.58. The molecular formula is C19H24N6. The third-order valence-corrected chi connectivity index (χ3v) is 5.31. The molecule has 0 spiro atoms. The van der Waals surface area contributed by atoms with Crippen molar-refractivity contribution >= 4 is 16.9 Å². The third-order valence-electron chi connectivity index (χ3n) is 5.31. The Morgan fingerprint density at radius 3 is 2.92 bits per heavy atom. The van der Waals surface area contributed by atoms with Gasteiger partial charge >= 0.3 is 0 Å². The van der Waals surface area contributed by atoms with Crippen molar-refractivity contribution in [2.75, 3.05) is 25.0 Å². The van der Waals surface area contributed by atoms with E-state index >= 15 is 0 Å². The van der Waals surface area contributed by atoms with E-state index in [0.717, 1.165) is 36.5 Å². The summed E-state index contributed by atoms with van der Waals surface area (Å²) in [5.41, 5.74) is 2.17. The molecule has 6 heteroatoms. The van der Waals surface area contributed by atoms with Crippen molar-refractivity contribution in [3.05, 3.63) is 48.4 Å². The molecule has 4 rings (SSSR count). The van der Waals surface area contributed by atoms with Crippen LogP contribution in [0, 0.1) is 5.92 Å². The Labute approximate surface area is 147 Å². The number of aromatic amines is 1. The summed E-state index contributed by atoms with van der Waals surface area (Å²) in [6.45, 7) is 5.53. The molecule has 0 saturated carbocycles. The number of piperidine rings is 1. The molecule has 3 heterocycles. The van der Waals surface area contributed by atoms with E-state index in [2.05, 4.69) is 74.3 Å². The first kappa shape index (κ1) is 16.0. The van der Waals surface area contributed by atoms with Gasteiger partial charge in [0.2, 0.25) is 0 Å². The molecular weight excluding hydrogens is 312 g/mol. The van der Waals surface area contributed by atoms with E-state index in [0.29, 0.717) is 12.0 Å². The first-order chi connectivity index (χ1) is 12.2. The Morgan fingerprint density at radius 1 is 1.24 bits per heavy atom. The monoisotopic (exact) mass is 336 g/mol. The molecule has 6 nitrogen and oxygen atoms in total. The quantitative estimate of drug-likeness (QED) is 0.794. The molecule has 0 bridgehead atoms. The van der Waals surface area contributed by atoms with E-state index in [4.69, 9.17) is 0 Å². The van der Waals surface area contributed by atoms with Gasteiger partial charge in [-0.2, -0.15) is 5.10 Å². The van der Waals surface area contributed by atoms with Crippen LogP contribution in [0.3, 0.4) is 0 Å². The number of fused-ring (bicyclic) bond motifs is 1. The van der Waals surface area contributed by atoms with Crippen LogP contribution in [0.15, 0.2) is 42.9 Å². The molecule has 1 aliphatic rings. The Balaban J connectivity index is 1.54. The standard InChI is InChI=1S/C19H24N6/c1-14-8-9-25(11-15-6-4-3-5-7-15)12-17(14)24(2)19-16-10-22-23-18(16)20-13-21-19/h3-7,10,13-14,17H,8-9,11-12H2,1-2H3,(H,20,21,22,23)/t14-,17+/m1/s1. The zero-order chi connectivity index (χ0) is 17.2. The normalized spacial score (nSPS) is 21.5. The van der Waals surface area contributed by atoms with Crippen molar-refractivity contribution in [2.24, 2.45) is 5.92 Å². The van der Waals surface area contributed by atoms with Gasteiger partial charge in [0, 0.05) is 26.2 Å². The molecule has 1 fully saturated rings. The van der Waals surface area contributed by atoms with Crippen LogP contribution >= 0.6 is 0 Å². The first-order valence-electron chi connectivity index (χ1n) is 8.85. The maximum Gasteiger partial charge on any atom is 0.160 e. The van der Waals surface area contributed by atoms with Gasteiger partial charge in [0.1, 0.15) is 12.1 Å². The number of hydrogen-bond donors (Lipinski definition) is 1. The maximum absolute atomic E-state index is 4.53. The van der Waals surface area contributed by atoms with Gasteiger partial charge in [0.15, 0.2) is 5.65 Å². The maximum atomic E-state index is 4.53. The van der Waals surface area contributed by atoms with E-state index in [-0.39, 0.29) is 0 Å². The van der Waals surface area contributed by atoms with Crippen molar-refractivity contribution in [3.63, 3.8) is 0 Å². The smallest absolute Gasteiger partial charge is 0.160 e. The minimum absolute atomic E-state index is 0.422. The number of aromatic nitrogens is 4. The predicted octanol–water partition coefficient (Wildman–Crippen LogP) is 2.70. The van der Waals surface area contributed by atoms with Crippen LogP contribution in [0.2, 0.25) is 0 Å². The van der Waals surface area contributed by atoms with Crippen LogP contribution in [0.5, 0.6) is 0 Å². The highest BCUT2D eigenvalue weighted by Gasteiger charge is 2.30. The van der Waals surface area contributed by atoms with E-state index in [1.165, 1.54) is 12.0 Å². The summed E-state index contributed by atoms with van der Waals surface area (Å²) in [4.78, 5) is 13.6. The Hall–Kier alpha value is -2.47. The molecule has 0 unspecified atom stereocenters. The lowest BCUT2D eigenvalue weighted by Crippen LogP contribution is -2.50. The lowest BCUT2D eigenvalue weighted by Gasteiger charge is -2.42. The van der Waals surface area contributed by atoms with Gasteiger partial charge in [0.25, 0.3) is 0 Å². The Bertz CT molecular complexity index is 830. The average molecular weight is 336 g/mol. The highest BCUT2D eigenvalue weighted by Crippen LogP contribution is 2.28. The van der Waals surface area contributed by atoms with Gasteiger partial charge in [-0.25, -0.2) is 9.97 Å². The number of anilines is 1. The Kier molecular flexibility index (Phi) is 4.36. The summed E-state index contributed by atoms with van der Waals surface area (Å²) in [6.07, 6.45) is 4.62. The van der Waals surface area contributed by atoms with E-state index in [1.54, 1.807) is 6.33 Å². The van der Waals surface area contributed by atoms with Crippen LogP contribution in [-0.4, -0.2) is 51.2 Å². The van der Waals surface area contributed by atoms with Gasteiger partial charge in [-0.05, 0) is 24.4 Å². The van der Waals surface area contributed by atoms with Gasteiger partial charge in [-0.1, -0.05) is 37.3 Å². The summed E-state index contributed by atoms with van der Waals surface area (Å²) in [6, 6.07) is 11.1. The van der Waals surface area contributed by atoms with E-state index in [1.807, 2.05) is 6.20 Å². The number of hydrogen-bond acceptors (Lipinski definition) is 5. The van der Waals surface area contributed by atoms with Gasteiger partial charge in [-0.3, -0.25) is 10.00 Å². The number of H-pyrrole nitrogens is 1. The van der Waals surface area contributed by atoms with Crippen molar-refractivity contribution in [1.29, 1.82) is 0 Å². The fourth-order valence-corrected chi connectivity index (χ4v) is 3.79. The van der Waals surface area contributed by atoms with Crippen LogP contribution in [-0.2, 0) is 6.54 Å². The molecule has 2 aromatic heterocycles. The molecule has 0 aliphatic carbocycles. The Morgan fingerprint density at radius 2 is 2.08 bits per heavy atom. The largest absolute Gasteiger partial charge is 0.354 e. The highest BCUT2D eigenvalue weighted by atomic mass is 15.3. The number of benzene rings is 1. The molecule has 1 aromatic carbocycles. The first-order valence-corrected chi connectivity index (χ1v) is 8.85. The van der Waals surface area contributed by atoms with Gasteiger partial charge in [-0.15, -0.1) is 0 Å². The predicted molar refractivity (Wildman–Crippen MR) is 99.4 cm³/mol. The summed E-state index contributed by atoms with van der Waals surface area (Å²) < 4.78 is 0. The second-order valence-electron chi connectivity index (χ2n) is 6.99.